The Morgan fingerprint density at radius 3 is 2.76 bits per heavy atom. The molecule has 1 aromatic carbocycles. The van der Waals surface area contributed by atoms with E-state index in [1.54, 1.807) is 6.92 Å². The van der Waals surface area contributed by atoms with E-state index in [0.29, 0.717) is 16.9 Å². The lowest BCUT2D eigenvalue weighted by atomic mass is 10.1. The van der Waals surface area contributed by atoms with E-state index in [-0.39, 0.29) is 5.43 Å². The summed E-state index contributed by atoms with van der Waals surface area (Å²) >= 11 is 0. The van der Waals surface area contributed by atoms with Gasteiger partial charge in [0.2, 0.25) is 5.71 Å². The summed E-state index contributed by atoms with van der Waals surface area (Å²) in [7, 11) is 0. The lowest BCUT2D eigenvalue weighted by Gasteiger charge is -1.99. The van der Waals surface area contributed by atoms with Crippen LogP contribution in [-0.2, 0) is 0 Å². The van der Waals surface area contributed by atoms with Gasteiger partial charge >= 0.3 is 0 Å². The van der Waals surface area contributed by atoms with E-state index < -0.39 is 0 Å². The van der Waals surface area contributed by atoms with Crippen molar-refractivity contribution >= 4 is 11.1 Å². The lowest BCUT2D eigenvalue weighted by molar-refractivity contribution is 0.603. The molecule has 4 nitrogen and oxygen atoms in total. The Morgan fingerprint density at radius 1 is 1.24 bits per heavy atom. The van der Waals surface area contributed by atoms with Crippen LogP contribution >= 0.6 is 0 Å². The van der Waals surface area contributed by atoms with E-state index in [2.05, 4.69) is 10.2 Å². The van der Waals surface area contributed by atoms with E-state index in [0.717, 1.165) is 11.3 Å². The molecule has 0 spiro atoms. The number of nitrogens with zero attached hydrogens (tertiary/aromatic N) is 1. The lowest BCUT2D eigenvalue weighted by Crippen LogP contribution is -2.00. The van der Waals surface area contributed by atoms with E-state index in [1.807, 2.05) is 30.3 Å². The Balaban J connectivity index is 2.30. The smallest absolute Gasteiger partial charge is 0.249 e. The molecular weight excluding hydrogens is 216 g/mol. The van der Waals surface area contributed by atoms with E-state index >= 15 is 0 Å². The van der Waals surface area contributed by atoms with Crippen LogP contribution in [0.4, 0.5) is 0 Å². The van der Waals surface area contributed by atoms with Crippen LogP contribution < -0.4 is 5.43 Å². The van der Waals surface area contributed by atoms with Gasteiger partial charge in [-0.3, -0.25) is 9.89 Å². The van der Waals surface area contributed by atoms with Crippen molar-refractivity contribution < 1.29 is 4.42 Å². The molecule has 17 heavy (non-hydrogen) atoms. The molecule has 0 saturated carbocycles. The first-order valence-corrected chi connectivity index (χ1v) is 5.30. The topological polar surface area (TPSA) is 58.9 Å². The first-order chi connectivity index (χ1) is 8.25. The van der Waals surface area contributed by atoms with E-state index in [1.165, 1.54) is 6.07 Å². The average Bonchev–Trinajstić information content (AvgIpc) is 2.73. The van der Waals surface area contributed by atoms with Crippen LogP contribution in [0, 0.1) is 6.92 Å². The summed E-state index contributed by atoms with van der Waals surface area (Å²) in [5, 5.41) is 7.24. The van der Waals surface area contributed by atoms with Crippen molar-refractivity contribution in [2.45, 2.75) is 6.92 Å². The highest BCUT2D eigenvalue weighted by Crippen LogP contribution is 2.21. The third-order valence-corrected chi connectivity index (χ3v) is 2.69. The van der Waals surface area contributed by atoms with E-state index in [9.17, 15) is 4.79 Å². The second kappa shape index (κ2) is 3.59. The molecule has 4 heteroatoms. The normalized spacial score (nSPS) is 10.9. The Morgan fingerprint density at radius 2 is 2.00 bits per heavy atom. The molecule has 0 atom stereocenters. The Kier molecular flexibility index (Phi) is 2.08. The molecule has 0 radical (unpaired) electrons. The number of H-pyrrole nitrogens is 1. The molecule has 0 aliphatic carbocycles. The number of nitrogens with one attached hydrogen (secondary N) is 1. The molecule has 0 unspecified atom stereocenters. The minimum atomic E-state index is -0.0728. The van der Waals surface area contributed by atoms with E-state index in [4.69, 9.17) is 4.42 Å². The van der Waals surface area contributed by atoms with Crippen LogP contribution in [0.25, 0.3) is 22.4 Å². The van der Waals surface area contributed by atoms with Crippen LogP contribution in [-0.4, -0.2) is 10.2 Å². The number of benzene rings is 1. The van der Waals surface area contributed by atoms with Gasteiger partial charge in [-0.15, -0.1) is 5.10 Å². The van der Waals surface area contributed by atoms with Gasteiger partial charge in [-0.2, -0.15) is 0 Å². The second-order valence-corrected chi connectivity index (χ2v) is 3.87. The molecule has 0 aliphatic rings. The molecule has 0 fully saturated rings. The Hall–Kier alpha value is -2.36. The number of aromatic nitrogens is 2. The molecule has 3 aromatic rings. The Bertz CT molecular complexity index is 726. The zero-order chi connectivity index (χ0) is 11.8. The van der Waals surface area contributed by atoms with Crippen molar-refractivity contribution in [3.05, 3.63) is 52.3 Å². The average molecular weight is 226 g/mol. The van der Waals surface area contributed by atoms with Gasteiger partial charge in [-0.05, 0) is 6.92 Å². The molecular formula is C13H10N2O2. The maximum atomic E-state index is 11.9. The number of rotatable bonds is 1. The molecule has 1 N–H and O–H groups in total. The van der Waals surface area contributed by atoms with Crippen molar-refractivity contribution in [2.24, 2.45) is 0 Å². The molecule has 2 heterocycles. The molecule has 0 amide bonds. The number of fused-ring (bicyclic) bond motifs is 1. The van der Waals surface area contributed by atoms with Gasteiger partial charge < -0.3 is 4.42 Å². The maximum absolute atomic E-state index is 11.9. The van der Waals surface area contributed by atoms with Crippen LogP contribution in [0.5, 0.6) is 0 Å². The minimum absolute atomic E-state index is 0.0728. The highest BCUT2D eigenvalue weighted by atomic mass is 16.3. The largest absolute Gasteiger partial charge is 0.436 e. The fourth-order valence-electron chi connectivity index (χ4n) is 1.84. The van der Waals surface area contributed by atoms with Gasteiger partial charge in [0.1, 0.15) is 11.1 Å². The Labute approximate surface area is 96.9 Å². The van der Waals surface area contributed by atoms with Gasteiger partial charge in [0, 0.05) is 17.3 Å². The first kappa shape index (κ1) is 9.84. The molecule has 2 aromatic heterocycles. The summed E-state index contributed by atoms with van der Waals surface area (Å²) < 4.78 is 5.61. The fraction of sp³-hybridized carbons (Fsp3) is 0.0769. The van der Waals surface area contributed by atoms with Crippen molar-refractivity contribution in [1.82, 2.24) is 10.2 Å². The van der Waals surface area contributed by atoms with Crippen LogP contribution in [0.2, 0.25) is 0 Å². The minimum Gasteiger partial charge on any atom is -0.436 e. The monoisotopic (exact) mass is 226 g/mol. The van der Waals surface area contributed by atoms with Gasteiger partial charge in [-0.1, -0.05) is 30.3 Å². The standard InChI is InChI=1S/C13H10N2O2/c1-8-12-10(16)7-11(17-13(12)15-14-8)9-5-3-2-4-6-9/h2-7H,1H3,(H,14,15). The number of hydrogen-bond acceptors (Lipinski definition) is 3. The summed E-state index contributed by atoms with van der Waals surface area (Å²) in [6.45, 7) is 1.80. The van der Waals surface area contributed by atoms with Crippen molar-refractivity contribution in [1.29, 1.82) is 0 Å². The van der Waals surface area contributed by atoms with Gasteiger partial charge in [-0.25, -0.2) is 0 Å². The zero-order valence-electron chi connectivity index (χ0n) is 9.23. The third-order valence-electron chi connectivity index (χ3n) is 2.69. The SMILES string of the molecule is Cc1[nH]nc2oc(-c3ccccc3)cc(=O)c12. The van der Waals surface area contributed by atoms with Crippen molar-refractivity contribution in [2.75, 3.05) is 0 Å². The van der Waals surface area contributed by atoms with Crippen molar-refractivity contribution in [3.63, 3.8) is 0 Å². The molecule has 0 saturated heterocycles. The van der Waals surface area contributed by atoms with Crippen LogP contribution in [0.1, 0.15) is 5.69 Å². The third kappa shape index (κ3) is 1.54. The number of hydrogen-bond donors (Lipinski definition) is 1. The van der Waals surface area contributed by atoms with Gasteiger partial charge in [0.05, 0.1) is 0 Å². The summed E-state index contributed by atoms with van der Waals surface area (Å²) in [6.07, 6.45) is 0. The molecule has 84 valence electrons. The van der Waals surface area contributed by atoms with Gasteiger partial charge in [0.25, 0.3) is 0 Å². The summed E-state index contributed by atoms with van der Waals surface area (Å²) in [6, 6.07) is 11.0. The predicted octanol–water partition coefficient (Wildman–Crippen LogP) is 2.49. The quantitative estimate of drug-likeness (QED) is 0.693. The second-order valence-electron chi connectivity index (χ2n) is 3.87. The maximum Gasteiger partial charge on any atom is 0.249 e. The van der Waals surface area contributed by atoms with Crippen molar-refractivity contribution in [3.8, 4) is 11.3 Å². The molecule has 3 rings (SSSR count). The fourth-order valence-corrected chi connectivity index (χ4v) is 1.84. The van der Waals surface area contributed by atoms with Gasteiger partial charge in [0.15, 0.2) is 5.43 Å². The summed E-state index contributed by atoms with van der Waals surface area (Å²) in [4.78, 5) is 11.9. The molecule has 0 bridgehead atoms. The summed E-state index contributed by atoms with van der Waals surface area (Å²) in [5.74, 6) is 0.537. The first-order valence-electron chi connectivity index (χ1n) is 5.30. The number of aromatic amines is 1. The zero-order valence-corrected chi connectivity index (χ0v) is 9.23. The summed E-state index contributed by atoms with van der Waals surface area (Å²) in [5.41, 5.74) is 1.88. The highest BCUT2D eigenvalue weighted by molar-refractivity contribution is 5.77. The van der Waals surface area contributed by atoms with Crippen LogP contribution in [0.3, 0.4) is 0 Å². The predicted molar refractivity (Wildman–Crippen MR) is 64.8 cm³/mol. The molecule has 0 aliphatic heterocycles. The highest BCUT2D eigenvalue weighted by Gasteiger charge is 2.10. The number of aryl methyl sites for hydroxylation is 1. The van der Waals surface area contributed by atoms with Crippen LogP contribution in [0.15, 0.2) is 45.6 Å².